The number of carbonyl (C=O) groups excluding carboxylic acids is 1. The lowest BCUT2D eigenvalue weighted by atomic mass is 10.3. The Morgan fingerprint density at radius 2 is 2.13 bits per heavy atom. The molecular formula is C9H10BrNO4. The van der Waals surface area contributed by atoms with E-state index in [4.69, 9.17) is 9.52 Å². The van der Waals surface area contributed by atoms with Gasteiger partial charge in [-0.05, 0) is 35.0 Å². The van der Waals surface area contributed by atoms with E-state index in [1.807, 2.05) is 0 Å². The Morgan fingerprint density at radius 1 is 1.53 bits per heavy atom. The van der Waals surface area contributed by atoms with Crippen LogP contribution in [0.2, 0.25) is 0 Å². The van der Waals surface area contributed by atoms with Crippen LogP contribution >= 0.6 is 15.9 Å². The molecule has 0 aromatic carbocycles. The summed E-state index contributed by atoms with van der Waals surface area (Å²) in [6.45, 7) is 1.43. The first-order chi connectivity index (χ1) is 6.93. The maximum atomic E-state index is 11.7. The second kappa shape index (κ2) is 4.48. The van der Waals surface area contributed by atoms with Crippen molar-refractivity contribution in [2.75, 3.05) is 7.05 Å². The third-order valence-corrected chi connectivity index (χ3v) is 2.47. The summed E-state index contributed by atoms with van der Waals surface area (Å²) in [7, 11) is 1.41. The zero-order valence-corrected chi connectivity index (χ0v) is 9.82. The van der Waals surface area contributed by atoms with Crippen LogP contribution in [0.15, 0.2) is 21.2 Å². The number of halogens is 1. The topological polar surface area (TPSA) is 70.8 Å². The average Bonchev–Trinajstić information content (AvgIpc) is 2.61. The number of hydrogen-bond acceptors (Lipinski definition) is 3. The van der Waals surface area contributed by atoms with Gasteiger partial charge in [0.25, 0.3) is 5.91 Å². The molecule has 0 aliphatic rings. The third kappa shape index (κ3) is 2.59. The molecule has 0 bridgehead atoms. The van der Waals surface area contributed by atoms with Gasteiger partial charge in [-0.15, -0.1) is 0 Å². The molecule has 6 heteroatoms. The van der Waals surface area contributed by atoms with Crippen LogP contribution in [-0.2, 0) is 4.79 Å². The Kier molecular flexibility index (Phi) is 3.52. The number of aliphatic carboxylic acids is 1. The fourth-order valence-electron chi connectivity index (χ4n) is 0.945. The number of carboxylic acids is 1. The molecule has 0 fully saturated rings. The molecule has 1 N–H and O–H groups in total. The molecule has 0 radical (unpaired) electrons. The summed E-state index contributed by atoms with van der Waals surface area (Å²) in [5.41, 5.74) is 0. The van der Waals surface area contributed by atoms with Crippen molar-refractivity contribution in [3.8, 4) is 0 Å². The Bertz CT molecular complexity index is 387. The molecule has 1 aromatic heterocycles. The van der Waals surface area contributed by atoms with Gasteiger partial charge in [-0.2, -0.15) is 0 Å². The van der Waals surface area contributed by atoms with Crippen LogP contribution in [0.1, 0.15) is 17.5 Å². The zero-order valence-electron chi connectivity index (χ0n) is 8.23. The maximum absolute atomic E-state index is 11.7. The summed E-state index contributed by atoms with van der Waals surface area (Å²) in [6.07, 6.45) is 0. The molecule has 0 aliphatic carbocycles. The highest BCUT2D eigenvalue weighted by atomic mass is 79.9. The minimum Gasteiger partial charge on any atom is -0.480 e. The fourth-order valence-corrected chi connectivity index (χ4v) is 1.25. The van der Waals surface area contributed by atoms with E-state index in [1.54, 1.807) is 6.07 Å². The summed E-state index contributed by atoms with van der Waals surface area (Å²) >= 11 is 3.06. The van der Waals surface area contributed by atoms with E-state index >= 15 is 0 Å². The third-order valence-electron chi connectivity index (χ3n) is 2.04. The first kappa shape index (κ1) is 11.8. The second-order valence-corrected chi connectivity index (χ2v) is 3.82. The van der Waals surface area contributed by atoms with E-state index in [-0.39, 0.29) is 5.76 Å². The van der Waals surface area contributed by atoms with E-state index < -0.39 is 17.9 Å². The van der Waals surface area contributed by atoms with Gasteiger partial charge in [-0.3, -0.25) is 4.79 Å². The predicted molar refractivity (Wildman–Crippen MR) is 55.6 cm³/mol. The van der Waals surface area contributed by atoms with Crippen molar-refractivity contribution < 1.29 is 19.1 Å². The molecule has 0 saturated carbocycles. The van der Waals surface area contributed by atoms with Crippen molar-refractivity contribution in [1.82, 2.24) is 4.90 Å². The highest BCUT2D eigenvalue weighted by Gasteiger charge is 2.24. The Morgan fingerprint density at radius 3 is 2.53 bits per heavy atom. The van der Waals surface area contributed by atoms with Gasteiger partial charge in [-0.1, -0.05) is 0 Å². The number of nitrogens with zero attached hydrogens (tertiary/aromatic N) is 1. The summed E-state index contributed by atoms with van der Waals surface area (Å²) in [4.78, 5) is 23.4. The quantitative estimate of drug-likeness (QED) is 0.910. The molecule has 1 atom stereocenters. The first-order valence-corrected chi connectivity index (χ1v) is 4.98. The molecule has 15 heavy (non-hydrogen) atoms. The zero-order chi connectivity index (χ0) is 11.6. The SMILES string of the molecule is CC(C(=O)O)N(C)C(=O)c1ccc(Br)o1. The molecule has 1 unspecified atom stereocenters. The van der Waals surface area contributed by atoms with Gasteiger partial charge in [0, 0.05) is 7.05 Å². The van der Waals surface area contributed by atoms with Crippen LogP contribution in [0.25, 0.3) is 0 Å². The van der Waals surface area contributed by atoms with E-state index in [0.29, 0.717) is 4.67 Å². The molecule has 5 nitrogen and oxygen atoms in total. The molecular weight excluding hydrogens is 266 g/mol. The lowest BCUT2D eigenvalue weighted by Crippen LogP contribution is -2.40. The van der Waals surface area contributed by atoms with Crippen LogP contribution in [-0.4, -0.2) is 35.0 Å². The van der Waals surface area contributed by atoms with Gasteiger partial charge in [0.05, 0.1) is 0 Å². The van der Waals surface area contributed by atoms with Gasteiger partial charge >= 0.3 is 5.97 Å². The van der Waals surface area contributed by atoms with Crippen LogP contribution < -0.4 is 0 Å². The number of amides is 1. The highest BCUT2D eigenvalue weighted by molar-refractivity contribution is 9.10. The molecule has 1 amide bonds. The van der Waals surface area contributed by atoms with Gasteiger partial charge in [-0.25, -0.2) is 4.79 Å². The van der Waals surface area contributed by atoms with Crippen LogP contribution in [0.4, 0.5) is 0 Å². The first-order valence-electron chi connectivity index (χ1n) is 4.18. The maximum Gasteiger partial charge on any atom is 0.326 e. The minimum atomic E-state index is -1.06. The standard InChI is InChI=1S/C9H10BrNO4/c1-5(9(13)14)11(2)8(12)6-3-4-7(10)15-6/h3-5H,1-2H3,(H,13,14). The van der Waals surface area contributed by atoms with E-state index in [2.05, 4.69) is 15.9 Å². The van der Waals surface area contributed by atoms with Crippen molar-refractivity contribution >= 4 is 27.8 Å². The number of hydrogen-bond donors (Lipinski definition) is 1. The average molecular weight is 276 g/mol. The molecule has 0 spiro atoms. The number of likely N-dealkylation sites (N-methyl/N-ethyl adjacent to an activating group) is 1. The second-order valence-electron chi connectivity index (χ2n) is 3.03. The van der Waals surface area contributed by atoms with Crippen molar-refractivity contribution in [3.63, 3.8) is 0 Å². The summed E-state index contributed by atoms with van der Waals surface area (Å²) in [6, 6.07) is 2.17. The Hall–Kier alpha value is -1.30. The lowest BCUT2D eigenvalue weighted by molar-refractivity contribution is -0.141. The molecule has 82 valence electrons. The van der Waals surface area contributed by atoms with Gasteiger partial charge in [0.2, 0.25) is 0 Å². The molecule has 0 saturated heterocycles. The van der Waals surface area contributed by atoms with Crippen LogP contribution in [0.3, 0.4) is 0 Å². The lowest BCUT2D eigenvalue weighted by Gasteiger charge is -2.19. The highest BCUT2D eigenvalue weighted by Crippen LogP contribution is 2.16. The summed E-state index contributed by atoms with van der Waals surface area (Å²) in [5.74, 6) is -1.41. The van der Waals surface area contributed by atoms with Crippen molar-refractivity contribution in [3.05, 3.63) is 22.6 Å². The van der Waals surface area contributed by atoms with Crippen molar-refractivity contribution in [1.29, 1.82) is 0 Å². The predicted octanol–water partition coefficient (Wildman–Crippen LogP) is 1.59. The smallest absolute Gasteiger partial charge is 0.326 e. The van der Waals surface area contributed by atoms with Crippen LogP contribution in [0, 0.1) is 0 Å². The van der Waals surface area contributed by atoms with E-state index in [1.165, 1.54) is 20.0 Å². The Balaban J connectivity index is 2.81. The number of carbonyl (C=O) groups is 2. The fraction of sp³-hybridized carbons (Fsp3) is 0.333. The molecule has 1 heterocycles. The van der Waals surface area contributed by atoms with Gasteiger partial charge < -0.3 is 14.4 Å². The summed E-state index contributed by atoms with van der Waals surface area (Å²) in [5, 5.41) is 8.72. The van der Waals surface area contributed by atoms with Crippen LogP contribution in [0.5, 0.6) is 0 Å². The van der Waals surface area contributed by atoms with Crippen molar-refractivity contribution in [2.24, 2.45) is 0 Å². The number of furan rings is 1. The largest absolute Gasteiger partial charge is 0.480 e. The van der Waals surface area contributed by atoms with Crippen molar-refractivity contribution in [2.45, 2.75) is 13.0 Å². The summed E-state index contributed by atoms with van der Waals surface area (Å²) < 4.78 is 5.46. The van der Waals surface area contributed by atoms with Gasteiger partial charge in [0.1, 0.15) is 6.04 Å². The number of carboxylic acid groups (broad SMARTS) is 1. The molecule has 0 aliphatic heterocycles. The van der Waals surface area contributed by atoms with E-state index in [9.17, 15) is 9.59 Å². The minimum absolute atomic E-state index is 0.109. The molecule has 1 aromatic rings. The van der Waals surface area contributed by atoms with E-state index in [0.717, 1.165) is 4.90 Å². The number of rotatable bonds is 3. The normalized spacial score (nSPS) is 12.2. The Labute approximate surface area is 94.8 Å². The monoisotopic (exact) mass is 275 g/mol. The molecule has 1 rings (SSSR count). The van der Waals surface area contributed by atoms with Gasteiger partial charge in [0.15, 0.2) is 10.4 Å².